The molecule has 5 heteroatoms. The Morgan fingerprint density at radius 3 is 2.55 bits per heavy atom. The van der Waals surface area contributed by atoms with E-state index in [1.54, 1.807) is 10.7 Å². The van der Waals surface area contributed by atoms with Crippen LogP contribution in [0.15, 0.2) is 72.8 Å². The lowest BCUT2D eigenvalue weighted by Gasteiger charge is -2.15. The Hall–Kier alpha value is -3.60. The SMILES string of the molecule is O=C1CCCc2nc(-c3cc(-c4ccccc4)nn3-c3cccc(F)c3)ccc21. The second kappa shape index (κ2) is 7.09. The van der Waals surface area contributed by atoms with Crippen LogP contribution in [-0.4, -0.2) is 20.5 Å². The summed E-state index contributed by atoms with van der Waals surface area (Å²) in [7, 11) is 0. The van der Waals surface area contributed by atoms with E-state index in [1.807, 2.05) is 54.6 Å². The largest absolute Gasteiger partial charge is 0.294 e. The summed E-state index contributed by atoms with van der Waals surface area (Å²) in [6, 6.07) is 21.8. The average molecular weight is 383 g/mol. The lowest BCUT2D eigenvalue weighted by Crippen LogP contribution is -2.13. The molecule has 4 nitrogen and oxygen atoms in total. The van der Waals surface area contributed by atoms with Crippen LogP contribution >= 0.6 is 0 Å². The molecular formula is C24H18FN3O. The summed E-state index contributed by atoms with van der Waals surface area (Å²) in [6.45, 7) is 0. The van der Waals surface area contributed by atoms with Crippen LogP contribution in [-0.2, 0) is 6.42 Å². The van der Waals surface area contributed by atoms with Crippen molar-refractivity contribution in [2.75, 3.05) is 0 Å². The molecule has 0 amide bonds. The molecular weight excluding hydrogens is 365 g/mol. The molecule has 0 radical (unpaired) electrons. The zero-order chi connectivity index (χ0) is 19.8. The van der Waals surface area contributed by atoms with Crippen LogP contribution in [0.1, 0.15) is 28.9 Å². The minimum atomic E-state index is -0.325. The zero-order valence-electron chi connectivity index (χ0n) is 15.7. The number of hydrogen-bond donors (Lipinski definition) is 0. The molecule has 0 saturated carbocycles. The van der Waals surface area contributed by atoms with Crippen molar-refractivity contribution in [3.63, 3.8) is 0 Å². The number of pyridine rings is 1. The van der Waals surface area contributed by atoms with Gasteiger partial charge < -0.3 is 0 Å². The number of hydrogen-bond acceptors (Lipinski definition) is 3. The van der Waals surface area contributed by atoms with Crippen molar-refractivity contribution in [2.24, 2.45) is 0 Å². The van der Waals surface area contributed by atoms with Gasteiger partial charge in [-0.15, -0.1) is 0 Å². The van der Waals surface area contributed by atoms with E-state index in [0.29, 0.717) is 17.7 Å². The Kier molecular flexibility index (Phi) is 4.28. The van der Waals surface area contributed by atoms with Gasteiger partial charge in [0, 0.05) is 17.5 Å². The topological polar surface area (TPSA) is 47.8 Å². The van der Waals surface area contributed by atoms with Gasteiger partial charge in [-0.2, -0.15) is 5.10 Å². The van der Waals surface area contributed by atoms with Gasteiger partial charge in [0.05, 0.1) is 28.5 Å². The molecule has 0 saturated heterocycles. The molecule has 29 heavy (non-hydrogen) atoms. The highest BCUT2D eigenvalue weighted by atomic mass is 19.1. The lowest BCUT2D eigenvalue weighted by molar-refractivity contribution is 0.0971. The van der Waals surface area contributed by atoms with Crippen LogP contribution in [0.2, 0.25) is 0 Å². The van der Waals surface area contributed by atoms with Gasteiger partial charge in [0.15, 0.2) is 5.78 Å². The normalized spacial score (nSPS) is 13.3. The highest BCUT2D eigenvalue weighted by molar-refractivity contribution is 5.98. The van der Waals surface area contributed by atoms with E-state index in [-0.39, 0.29) is 11.6 Å². The molecule has 0 N–H and O–H groups in total. The van der Waals surface area contributed by atoms with Crippen molar-refractivity contribution >= 4 is 5.78 Å². The number of benzene rings is 2. The number of carbonyl (C=O) groups excluding carboxylic acids is 1. The fourth-order valence-electron chi connectivity index (χ4n) is 3.76. The Labute approximate surface area is 167 Å². The number of nitrogens with zero attached hydrogens (tertiary/aromatic N) is 3. The van der Waals surface area contributed by atoms with Gasteiger partial charge >= 0.3 is 0 Å². The number of rotatable bonds is 3. The summed E-state index contributed by atoms with van der Waals surface area (Å²) in [6.07, 6.45) is 2.18. The van der Waals surface area contributed by atoms with E-state index in [9.17, 15) is 9.18 Å². The number of aryl methyl sites for hydroxylation is 1. The van der Waals surface area contributed by atoms with Crippen molar-refractivity contribution in [2.45, 2.75) is 19.3 Å². The van der Waals surface area contributed by atoms with Gasteiger partial charge in [-0.05, 0) is 49.2 Å². The first kappa shape index (κ1) is 17.5. The molecule has 142 valence electrons. The third-order valence-corrected chi connectivity index (χ3v) is 5.19. The highest BCUT2D eigenvalue weighted by Gasteiger charge is 2.21. The van der Waals surface area contributed by atoms with E-state index in [2.05, 4.69) is 0 Å². The van der Waals surface area contributed by atoms with Crippen molar-refractivity contribution in [3.8, 4) is 28.3 Å². The molecule has 1 aliphatic rings. The van der Waals surface area contributed by atoms with Gasteiger partial charge in [0.2, 0.25) is 0 Å². The molecule has 2 aromatic heterocycles. The number of ketones is 1. The summed E-state index contributed by atoms with van der Waals surface area (Å²) < 4.78 is 15.6. The first-order chi connectivity index (χ1) is 14.2. The predicted molar refractivity (Wildman–Crippen MR) is 109 cm³/mol. The second-order valence-corrected chi connectivity index (χ2v) is 7.14. The smallest absolute Gasteiger partial charge is 0.164 e. The third kappa shape index (κ3) is 3.25. The van der Waals surface area contributed by atoms with Crippen LogP contribution in [0.5, 0.6) is 0 Å². The van der Waals surface area contributed by atoms with Crippen LogP contribution in [0.3, 0.4) is 0 Å². The van der Waals surface area contributed by atoms with Crippen LogP contribution in [0.4, 0.5) is 4.39 Å². The summed E-state index contributed by atoms with van der Waals surface area (Å²) in [4.78, 5) is 16.9. The summed E-state index contributed by atoms with van der Waals surface area (Å²) >= 11 is 0. The quantitative estimate of drug-likeness (QED) is 0.485. The summed E-state index contributed by atoms with van der Waals surface area (Å²) in [5.41, 5.74) is 5.38. The van der Waals surface area contributed by atoms with Crippen LogP contribution in [0, 0.1) is 5.82 Å². The summed E-state index contributed by atoms with van der Waals surface area (Å²) in [5.74, 6) is -0.178. The molecule has 0 spiro atoms. The number of carbonyl (C=O) groups is 1. The monoisotopic (exact) mass is 383 g/mol. The molecule has 0 unspecified atom stereocenters. The fraction of sp³-hybridized carbons (Fsp3) is 0.125. The van der Waals surface area contributed by atoms with Gasteiger partial charge in [-0.25, -0.2) is 9.07 Å². The number of aromatic nitrogens is 3. The molecule has 1 aliphatic carbocycles. The van der Waals surface area contributed by atoms with Gasteiger partial charge in [-0.1, -0.05) is 36.4 Å². The number of halogens is 1. The van der Waals surface area contributed by atoms with Crippen molar-refractivity contribution < 1.29 is 9.18 Å². The zero-order valence-corrected chi connectivity index (χ0v) is 15.7. The molecule has 0 fully saturated rings. The summed E-state index contributed by atoms with van der Waals surface area (Å²) in [5, 5.41) is 4.74. The van der Waals surface area contributed by atoms with E-state index in [1.165, 1.54) is 12.1 Å². The molecule has 0 aliphatic heterocycles. The third-order valence-electron chi connectivity index (χ3n) is 5.19. The van der Waals surface area contributed by atoms with Gasteiger partial charge in [0.25, 0.3) is 0 Å². The maximum absolute atomic E-state index is 13.9. The first-order valence-corrected chi connectivity index (χ1v) is 9.64. The van der Waals surface area contributed by atoms with E-state index in [4.69, 9.17) is 10.1 Å². The Bertz CT molecular complexity index is 1210. The maximum Gasteiger partial charge on any atom is 0.164 e. The molecule has 5 rings (SSSR count). The van der Waals surface area contributed by atoms with E-state index >= 15 is 0 Å². The Morgan fingerprint density at radius 2 is 1.72 bits per heavy atom. The minimum Gasteiger partial charge on any atom is -0.294 e. The first-order valence-electron chi connectivity index (χ1n) is 9.64. The van der Waals surface area contributed by atoms with Crippen molar-refractivity contribution in [1.29, 1.82) is 0 Å². The fourth-order valence-corrected chi connectivity index (χ4v) is 3.76. The van der Waals surface area contributed by atoms with E-state index in [0.717, 1.165) is 41.2 Å². The van der Waals surface area contributed by atoms with Gasteiger partial charge in [0.1, 0.15) is 5.82 Å². The minimum absolute atomic E-state index is 0.147. The van der Waals surface area contributed by atoms with Crippen LogP contribution < -0.4 is 0 Å². The van der Waals surface area contributed by atoms with E-state index < -0.39 is 0 Å². The molecule has 2 heterocycles. The average Bonchev–Trinajstić information content (AvgIpc) is 3.20. The highest BCUT2D eigenvalue weighted by Crippen LogP contribution is 2.30. The molecule has 0 atom stereocenters. The maximum atomic E-state index is 13.9. The molecule has 4 aromatic rings. The second-order valence-electron chi connectivity index (χ2n) is 7.14. The van der Waals surface area contributed by atoms with Gasteiger partial charge in [-0.3, -0.25) is 9.78 Å². The van der Waals surface area contributed by atoms with Crippen LogP contribution in [0.25, 0.3) is 28.3 Å². The predicted octanol–water partition coefficient (Wildman–Crippen LogP) is 5.26. The Balaban J connectivity index is 1.69. The Morgan fingerprint density at radius 1 is 0.862 bits per heavy atom. The molecule has 0 bridgehead atoms. The number of Topliss-reactive ketones (excluding diaryl/α,β-unsaturated/α-hetero) is 1. The lowest BCUT2D eigenvalue weighted by atomic mass is 9.94. The molecule has 2 aromatic carbocycles. The van der Waals surface area contributed by atoms with Crippen molar-refractivity contribution in [1.82, 2.24) is 14.8 Å². The number of fused-ring (bicyclic) bond motifs is 1. The standard InChI is InChI=1S/C24H18FN3O/c25-17-8-4-9-18(14-17)28-23(15-22(27-28)16-6-2-1-3-7-16)21-13-12-19-20(26-21)10-5-11-24(19)29/h1-4,6-9,12-15H,5,10-11H2. The van der Waals surface area contributed by atoms with Crippen molar-refractivity contribution in [3.05, 3.63) is 89.9 Å².